The van der Waals surface area contributed by atoms with Gasteiger partial charge in [-0.25, -0.2) is 13.2 Å². The Hall–Kier alpha value is -3.08. The monoisotopic (exact) mass is 594 g/mol. The molecule has 232 valence electrons. The molecule has 0 heterocycles. The second-order valence-electron chi connectivity index (χ2n) is 12.0. The van der Waals surface area contributed by atoms with Gasteiger partial charge in [0.25, 0.3) is 0 Å². The van der Waals surface area contributed by atoms with E-state index in [1.807, 2.05) is 6.92 Å². The number of unbranched alkanes of at least 4 members (excludes halogenated alkanes) is 6. The topological polar surface area (TPSA) is 9.23 Å². The molecule has 1 nitrogen and oxygen atoms in total. The van der Waals surface area contributed by atoms with Crippen LogP contribution >= 0.6 is 0 Å². The van der Waals surface area contributed by atoms with Crippen molar-refractivity contribution in [3.63, 3.8) is 0 Å². The largest absolute Gasteiger partial charge is 0.490 e. The molecule has 0 N–H and O–H groups in total. The van der Waals surface area contributed by atoms with Crippen LogP contribution in [-0.2, 0) is 0 Å². The van der Waals surface area contributed by atoms with Crippen LogP contribution in [0.5, 0.6) is 5.75 Å². The summed E-state index contributed by atoms with van der Waals surface area (Å²) in [7, 11) is 0. The molecule has 0 aromatic heterocycles. The zero-order valence-corrected chi connectivity index (χ0v) is 25.7. The van der Waals surface area contributed by atoms with E-state index in [2.05, 4.69) is 19.1 Å². The molecule has 4 rings (SSSR count). The average Bonchev–Trinajstić information content (AvgIpc) is 3.02. The van der Waals surface area contributed by atoms with E-state index in [4.69, 9.17) is 4.74 Å². The summed E-state index contributed by atoms with van der Waals surface area (Å²) in [6, 6.07) is 12.7. The van der Waals surface area contributed by atoms with Gasteiger partial charge in [-0.2, -0.15) is 4.39 Å². The Balaban J connectivity index is 1.37. The van der Waals surface area contributed by atoms with Crippen LogP contribution < -0.4 is 4.74 Å². The summed E-state index contributed by atoms with van der Waals surface area (Å²) in [6.45, 7) is 4.56. The molecule has 1 aliphatic carbocycles. The molecule has 0 unspecified atom stereocenters. The SMILES string of the molecule is CC=CCCC1CCC(c2ccc(-c3ccc(-c4ccc(OCCCCCCCCC)c(F)c4F)cc3)c(F)c2F)CC1. The number of ether oxygens (including phenoxy) is 1. The number of halogens is 4. The Kier molecular flexibility index (Phi) is 12.7. The maximum Gasteiger partial charge on any atom is 0.201 e. The van der Waals surface area contributed by atoms with Gasteiger partial charge in [-0.3, -0.25) is 0 Å². The zero-order chi connectivity index (χ0) is 30.6. The lowest BCUT2D eigenvalue weighted by atomic mass is 9.77. The molecule has 3 aromatic rings. The van der Waals surface area contributed by atoms with Gasteiger partial charge in [0.2, 0.25) is 5.82 Å². The summed E-state index contributed by atoms with van der Waals surface area (Å²) < 4.78 is 65.9. The van der Waals surface area contributed by atoms with Gasteiger partial charge in [-0.15, -0.1) is 0 Å². The van der Waals surface area contributed by atoms with E-state index in [1.54, 1.807) is 36.4 Å². The van der Waals surface area contributed by atoms with Crippen molar-refractivity contribution in [1.29, 1.82) is 0 Å². The first-order valence-corrected chi connectivity index (χ1v) is 16.2. The van der Waals surface area contributed by atoms with Crippen molar-refractivity contribution in [2.24, 2.45) is 5.92 Å². The molecular weight excluding hydrogens is 548 g/mol. The molecule has 0 aliphatic heterocycles. The van der Waals surface area contributed by atoms with Crippen molar-refractivity contribution < 1.29 is 22.3 Å². The average molecular weight is 595 g/mol. The molecule has 5 heteroatoms. The lowest BCUT2D eigenvalue weighted by Crippen LogP contribution is -2.15. The van der Waals surface area contributed by atoms with Gasteiger partial charge in [0.15, 0.2) is 23.2 Å². The van der Waals surface area contributed by atoms with E-state index < -0.39 is 23.3 Å². The fraction of sp³-hybridized carbons (Fsp3) is 0.474. The van der Waals surface area contributed by atoms with Crippen LogP contribution in [0.15, 0.2) is 60.7 Å². The van der Waals surface area contributed by atoms with E-state index in [-0.39, 0.29) is 22.8 Å². The molecule has 43 heavy (non-hydrogen) atoms. The molecular formula is C38H46F4O. The predicted molar refractivity (Wildman–Crippen MR) is 169 cm³/mol. The van der Waals surface area contributed by atoms with Gasteiger partial charge in [0.05, 0.1) is 6.61 Å². The summed E-state index contributed by atoms with van der Waals surface area (Å²) in [5, 5.41) is 0. The van der Waals surface area contributed by atoms with Gasteiger partial charge >= 0.3 is 0 Å². The van der Waals surface area contributed by atoms with E-state index in [0.717, 1.165) is 57.8 Å². The first kappa shape index (κ1) is 32.8. The Morgan fingerprint density at radius 3 is 1.88 bits per heavy atom. The molecule has 0 atom stereocenters. The maximum atomic E-state index is 15.3. The number of hydrogen-bond acceptors (Lipinski definition) is 1. The third kappa shape index (κ3) is 8.74. The van der Waals surface area contributed by atoms with Gasteiger partial charge in [-0.05, 0) is 92.5 Å². The minimum atomic E-state index is -1.01. The van der Waals surface area contributed by atoms with Crippen LogP contribution in [0.25, 0.3) is 22.3 Å². The zero-order valence-electron chi connectivity index (χ0n) is 25.7. The Labute approximate surface area is 255 Å². The molecule has 0 amide bonds. The van der Waals surface area contributed by atoms with Crippen molar-refractivity contribution in [3.05, 3.63) is 89.5 Å². The van der Waals surface area contributed by atoms with Crippen molar-refractivity contribution in [3.8, 4) is 28.0 Å². The summed E-state index contributed by atoms with van der Waals surface area (Å²) >= 11 is 0. The van der Waals surface area contributed by atoms with E-state index in [0.29, 0.717) is 29.2 Å². The second kappa shape index (κ2) is 16.7. The van der Waals surface area contributed by atoms with Crippen molar-refractivity contribution >= 4 is 0 Å². The third-order valence-electron chi connectivity index (χ3n) is 8.94. The quantitative estimate of drug-likeness (QED) is 0.0966. The summed E-state index contributed by atoms with van der Waals surface area (Å²) in [4.78, 5) is 0. The van der Waals surface area contributed by atoms with Crippen molar-refractivity contribution in [2.75, 3.05) is 6.61 Å². The number of allylic oxidation sites excluding steroid dienone is 2. The van der Waals surface area contributed by atoms with Crippen LogP contribution in [0, 0.1) is 29.2 Å². The standard InChI is InChI=1S/C38H46F4O/c1-3-5-7-8-9-10-12-26-43-34-25-24-33(37(41)38(34)42)30-20-18-29(19-21-30)32-23-22-31(35(39)36(32)40)28-16-14-27(15-17-28)13-11-6-4-2/h4,6,18-25,27-28H,3,5,7-17,26H2,1-2H3. The van der Waals surface area contributed by atoms with Crippen LogP contribution in [0.3, 0.4) is 0 Å². The highest BCUT2D eigenvalue weighted by molar-refractivity contribution is 5.72. The highest BCUT2D eigenvalue weighted by Gasteiger charge is 2.26. The normalized spacial score (nSPS) is 17.1. The van der Waals surface area contributed by atoms with Gasteiger partial charge < -0.3 is 4.74 Å². The Bertz CT molecular complexity index is 1320. The lowest BCUT2D eigenvalue weighted by molar-refractivity contribution is 0.285. The van der Waals surface area contributed by atoms with Crippen LogP contribution in [0.1, 0.15) is 109 Å². The highest BCUT2D eigenvalue weighted by Crippen LogP contribution is 2.40. The number of rotatable bonds is 15. The van der Waals surface area contributed by atoms with Crippen molar-refractivity contribution in [1.82, 2.24) is 0 Å². The van der Waals surface area contributed by atoms with Gasteiger partial charge in [0.1, 0.15) is 0 Å². The summed E-state index contributed by atoms with van der Waals surface area (Å²) in [5.41, 5.74) is 1.64. The molecule has 0 bridgehead atoms. The molecule has 3 aromatic carbocycles. The molecule has 0 radical (unpaired) electrons. The van der Waals surface area contributed by atoms with Gasteiger partial charge in [-0.1, -0.05) is 94.0 Å². The van der Waals surface area contributed by atoms with Crippen LogP contribution in [0.4, 0.5) is 17.6 Å². The smallest absolute Gasteiger partial charge is 0.201 e. The fourth-order valence-electron chi connectivity index (χ4n) is 6.30. The fourth-order valence-corrected chi connectivity index (χ4v) is 6.30. The minimum Gasteiger partial charge on any atom is -0.490 e. The maximum absolute atomic E-state index is 15.3. The molecule has 0 saturated heterocycles. The third-order valence-corrected chi connectivity index (χ3v) is 8.94. The lowest BCUT2D eigenvalue weighted by Gasteiger charge is -2.29. The van der Waals surface area contributed by atoms with Gasteiger partial charge in [0, 0.05) is 11.1 Å². The molecule has 1 fully saturated rings. The molecule has 0 spiro atoms. The highest BCUT2D eigenvalue weighted by atomic mass is 19.2. The first-order chi connectivity index (χ1) is 20.9. The van der Waals surface area contributed by atoms with E-state index >= 15 is 8.78 Å². The first-order valence-electron chi connectivity index (χ1n) is 16.2. The van der Waals surface area contributed by atoms with Crippen LogP contribution in [0.2, 0.25) is 0 Å². The minimum absolute atomic E-state index is 0.0317. The predicted octanol–water partition coefficient (Wildman–Crippen LogP) is 12.3. The van der Waals surface area contributed by atoms with E-state index in [9.17, 15) is 8.78 Å². The van der Waals surface area contributed by atoms with Crippen LogP contribution in [-0.4, -0.2) is 6.61 Å². The van der Waals surface area contributed by atoms with Crippen molar-refractivity contribution in [2.45, 2.75) is 103 Å². The summed E-state index contributed by atoms with van der Waals surface area (Å²) in [5.74, 6) is -3.05. The number of hydrogen-bond donors (Lipinski definition) is 0. The second-order valence-corrected chi connectivity index (χ2v) is 12.0. The number of benzene rings is 3. The molecule has 1 saturated carbocycles. The Morgan fingerprint density at radius 1 is 0.674 bits per heavy atom. The van der Waals surface area contributed by atoms with E-state index in [1.165, 1.54) is 37.8 Å². The molecule has 1 aliphatic rings. The Morgan fingerprint density at radius 2 is 1.26 bits per heavy atom. The summed E-state index contributed by atoms with van der Waals surface area (Å²) in [6.07, 6.45) is 18.1.